The maximum Gasteiger partial charge on any atom is 0.348 e. The van der Waals surface area contributed by atoms with Gasteiger partial charge in [-0.25, -0.2) is 4.79 Å². The Kier molecular flexibility index (Phi) is 2.60. The van der Waals surface area contributed by atoms with E-state index in [4.69, 9.17) is 21.5 Å². The SMILES string of the molecule is O=C(O)C1CC(c2ccc(Cl)cc2)=NO1. The lowest BCUT2D eigenvalue weighted by molar-refractivity contribution is -0.148. The van der Waals surface area contributed by atoms with Crippen molar-refractivity contribution in [3.05, 3.63) is 34.9 Å². The van der Waals surface area contributed by atoms with Crippen LogP contribution in [-0.4, -0.2) is 22.9 Å². The molecule has 1 aliphatic rings. The Balaban J connectivity index is 2.14. The Morgan fingerprint density at radius 1 is 1.47 bits per heavy atom. The molecule has 4 nitrogen and oxygen atoms in total. The zero-order valence-electron chi connectivity index (χ0n) is 7.68. The van der Waals surface area contributed by atoms with E-state index < -0.39 is 12.1 Å². The molecule has 15 heavy (non-hydrogen) atoms. The topological polar surface area (TPSA) is 58.9 Å². The third-order valence-corrected chi connectivity index (χ3v) is 2.37. The van der Waals surface area contributed by atoms with Gasteiger partial charge in [-0.15, -0.1) is 0 Å². The third-order valence-electron chi connectivity index (χ3n) is 2.12. The summed E-state index contributed by atoms with van der Waals surface area (Å²) in [5, 5.41) is 13.1. The van der Waals surface area contributed by atoms with Crippen LogP contribution in [0.5, 0.6) is 0 Å². The summed E-state index contributed by atoms with van der Waals surface area (Å²) in [6, 6.07) is 7.03. The highest BCUT2D eigenvalue weighted by atomic mass is 35.5. The molecular formula is C10H8ClNO3. The fourth-order valence-corrected chi connectivity index (χ4v) is 1.45. The predicted molar refractivity (Wildman–Crippen MR) is 55.1 cm³/mol. The molecule has 1 heterocycles. The van der Waals surface area contributed by atoms with Crippen molar-refractivity contribution in [3.63, 3.8) is 0 Å². The molecule has 5 heteroatoms. The number of carboxylic acids is 1. The second-order valence-electron chi connectivity index (χ2n) is 3.18. The van der Waals surface area contributed by atoms with E-state index in [-0.39, 0.29) is 6.42 Å². The third kappa shape index (κ3) is 2.10. The van der Waals surface area contributed by atoms with Gasteiger partial charge in [-0.3, -0.25) is 0 Å². The number of aliphatic carboxylic acids is 1. The van der Waals surface area contributed by atoms with Gasteiger partial charge in [-0.1, -0.05) is 28.9 Å². The van der Waals surface area contributed by atoms with Gasteiger partial charge in [0.25, 0.3) is 0 Å². The number of rotatable bonds is 2. The standard InChI is InChI=1S/C10H8ClNO3/c11-7-3-1-6(2-4-7)8-5-9(10(13)14)15-12-8/h1-4,9H,5H2,(H,13,14). The lowest BCUT2D eigenvalue weighted by Gasteiger charge is -2.00. The van der Waals surface area contributed by atoms with Crippen LogP contribution >= 0.6 is 11.6 Å². The molecule has 1 aromatic rings. The van der Waals surface area contributed by atoms with E-state index in [0.29, 0.717) is 10.7 Å². The predicted octanol–water partition coefficient (Wildman–Crippen LogP) is 1.92. The molecule has 0 fully saturated rings. The second-order valence-corrected chi connectivity index (χ2v) is 3.62. The summed E-state index contributed by atoms with van der Waals surface area (Å²) < 4.78 is 0. The van der Waals surface area contributed by atoms with Gasteiger partial charge in [-0.05, 0) is 17.7 Å². The molecule has 0 amide bonds. The van der Waals surface area contributed by atoms with E-state index in [9.17, 15) is 4.79 Å². The maximum absolute atomic E-state index is 10.6. The number of halogens is 1. The van der Waals surface area contributed by atoms with E-state index in [1.165, 1.54) is 0 Å². The number of carboxylic acid groups (broad SMARTS) is 1. The zero-order valence-corrected chi connectivity index (χ0v) is 8.44. The number of hydrogen-bond acceptors (Lipinski definition) is 3. The number of nitrogens with zero attached hydrogens (tertiary/aromatic N) is 1. The highest BCUT2D eigenvalue weighted by molar-refractivity contribution is 6.30. The van der Waals surface area contributed by atoms with Gasteiger partial charge in [0.15, 0.2) is 0 Å². The first-order chi connectivity index (χ1) is 7.16. The zero-order chi connectivity index (χ0) is 10.8. The average molecular weight is 226 g/mol. The number of benzene rings is 1. The molecule has 1 atom stereocenters. The molecule has 0 radical (unpaired) electrons. The normalized spacial score (nSPS) is 19.5. The molecule has 1 aromatic carbocycles. The lowest BCUT2D eigenvalue weighted by Crippen LogP contribution is -2.19. The molecule has 1 aliphatic heterocycles. The van der Waals surface area contributed by atoms with Crippen LogP contribution in [0.1, 0.15) is 12.0 Å². The Hall–Kier alpha value is -1.55. The average Bonchev–Trinajstić information content (AvgIpc) is 2.68. The van der Waals surface area contributed by atoms with Gasteiger partial charge in [0, 0.05) is 11.4 Å². The van der Waals surface area contributed by atoms with Crippen LogP contribution < -0.4 is 0 Å². The van der Waals surface area contributed by atoms with Gasteiger partial charge < -0.3 is 9.94 Å². The first-order valence-corrected chi connectivity index (χ1v) is 4.76. The Morgan fingerprint density at radius 3 is 2.67 bits per heavy atom. The van der Waals surface area contributed by atoms with Crippen molar-refractivity contribution >= 4 is 23.3 Å². The minimum atomic E-state index is -0.997. The molecule has 2 rings (SSSR count). The van der Waals surface area contributed by atoms with Gasteiger partial charge in [0.1, 0.15) is 0 Å². The van der Waals surface area contributed by atoms with Gasteiger partial charge >= 0.3 is 5.97 Å². The summed E-state index contributed by atoms with van der Waals surface area (Å²) in [5.74, 6) is -0.997. The van der Waals surface area contributed by atoms with Crippen LogP contribution in [0.2, 0.25) is 5.02 Å². The first-order valence-electron chi connectivity index (χ1n) is 4.38. The van der Waals surface area contributed by atoms with Crippen LogP contribution in [0.25, 0.3) is 0 Å². The lowest BCUT2D eigenvalue weighted by atomic mass is 10.1. The maximum atomic E-state index is 10.6. The molecule has 0 spiro atoms. The number of hydrogen-bond donors (Lipinski definition) is 1. The van der Waals surface area contributed by atoms with Crippen molar-refractivity contribution in [2.24, 2.45) is 5.16 Å². The number of oxime groups is 1. The molecule has 0 aliphatic carbocycles. The summed E-state index contributed by atoms with van der Waals surface area (Å²) in [6.45, 7) is 0. The second kappa shape index (κ2) is 3.90. The van der Waals surface area contributed by atoms with E-state index in [2.05, 4.69) is 5.16 Å². The summed E-state index contributed by atoms with van der Waals surface area (Å²) >= 11 is 5.73. The molecule has 78 valence electrons. The van der Waals surface area contributed by atoms with Crippen LogP contribution in [-0.2, 0) is 9.63 Å². The first kappa shape index (κ1) is 9.98. The summed E-state index contributed by atoms with van der Waals surface area (Å²) in [6.07, 6.45) is -0.576. The van der Waals surface area contributed by atoms with Gasteiger partial charge in [0.2, 0.25) is 6.10 Å². The minimum absolute atomic E-state index is 0.289. The largest absolute Gasteiger partial charge is 0.478 e. The van der Waals surface area contributed by atoms with E-state index in [1.807, 2.05) is 0 Å². The van der Waals surface area contributed by atoms with Crippen molar-refractivity contribution in [2.75, 3.05) is 0 Å². The fraction of sp³-hybridized carbons (Fsp3) is 0.200. The molecular weight excluding hydrogens is 218 g/mol. The smallest absolute Gasteiger partial charge is 0.348 e. The van der Waals surface area contributed by atoms with Crippen molar-refractivity contribution < 1.29 is 14.7 Å². The molecule has 1 unspecified atom stereocenters. The van der Waals surface area contributed by atoms with Crippen molar-refractivity contribution in [2.45, 2.75) is 12.5 Å². The molecule has 0 aromatic heterocycles. The van der Waals surface area contributed by atoms with Crippen molar-refractivity contribution in [1.82, 2.24) is 0 Å². The van der Waals surface area contributed by atoms with Crippen LogP contribution in [0.4, 0.5) is 0 Å². The Morgan fingerprint density at radius 2 is 2.13 bits per heavy atom. The highest BCUT2D eigenvalue weighted by Gasteiger charge is 2.28. The van der Waals surface area contributed by atoms with E-state index in [0.717, 1.165) is 5.56 Å². The summed E-state index contributed by atoms with van der Waals surface area (Å²) in [7, 11) is 0. The Labute approximate surface area is 91.1 Å². The minimum Gasteiger partial charge on any atom is -0.478 e. The summed E-state index contributed by atoms with van der Waals surface area (Å²) in [4.78, 5) is 15.4. The van der Waals surface area contributed by atoms with Crippen LogP contribution in [0, 0.1) is 0 Å². The highest BCUT2D eigenvalue weighted by Crippen LogP contribution is 2.18. The van der Waals surface area contributed by atoms with Crippen molar-refractivity contribution in [3.8, 4) is 0 Å². The van der Waals surface area contributed by atoms with Crippen LogP contribution in [0.15, 0.2) is 29.4 Å². The Bertz CT molecular complexity index is 413. The molecule has 0 bridgehead atoms. The number of carbonyl (C=O) groups is 1. The summed E-state index contributed by atoms with van der Waals surface area (Å²) in [5.41, 5.74) is 1.47. The quantitative estimate of drug-likeness (QED) is 0.837. The van der Waals surface area contributed by atoms with Crippen LogP contribution in [0.3, 0.4) is 0 Å². The van der Waals surface area contributed by atoms with Crippen molar-refractivity contribution in [1.29, 1.82) is 0 Å². The molecule has 0 saturated heterocycles. The molecule has 1 N–H and O–H groups in total. The van der Waals surface area contributed by atoms with Gasteiger partial charge in [0.05, 0.1) is 5.71 Å². The fourth-order valence-electron chi connectivity index (χ4n) is 1.32. The van der Waals surface area contributed by atoms with Gasteiger partial charge in [-0.2, -0.15) is 0 Å². The monoisotopic (exact) mass is 225 g/mol. The molecule has 0 saturated carbocycles. The van der Waals surface area contributed by atoms with E-state index in [1.54, 1.807) is 24.3 Å². The van der Waals surface area contributed by atoms with E-state index >= 15 is 0 Å².